The predicted octanol–water partition coefficient (Wildman–Crippen LogP) is 5.08. The van der Waals surface area contributed by atoms with Gasteiger partial charge in [-0.25, -0.2) is 8.78 Å². The van der Waals surface area contributed by atoms with Gasteiger partial charge in [-0.2, -0.15) is 0 Å². The lowest BCUT2D eigenvalue weighted by atomic mass is 9.96. The van der Waals surface area contributed by atoms with Gasteiger partial charge in [0.15, 0.2) is 0 Å². The van der Waals surface area contributed by atoms with Crippen LogP contribution in [0.5, 0.6) is 0 Å². The normalized spacial score (nSPS) is 12.5. The van der Waals surface area contributed by atoms with Crippen LogP contribution >= 0.6 is 23.2 Å². The maximum absolute atomic E-state index is 14.2. The smallest absolute Gasteiger partial charge is 0.133 e. The van der Waals surface area contributed by atoms with Crippen molar-refractivity contribution in [1.82, 2.24) is 5.32 Å². The first-order chi connectivity index (χ1) is 9.93. The molecule has 1 nitrogen and oxygen atoms in total. The highest BCUT2D eigenvalue weighted by Gasteiger charge is 2.21. The van der Waals surface area contributed by atoms with E-state index in [4.69, 9.17) is 23.2 Å². The van der Waals surface area contributed by atoms with Crippen molar-refractivity contribution in [2.24, 2.45) is 0 Å². The number of benzene rings is 2. The minimum atomic E-state index is -0.574. The van der Waals surface area contributed by atoms with Crippen LogP contribution in [0.25, 0.3) is 0 Å². The zero-order chi connectivity index (χ0) is 15.6. The van der Waals surface area contributed by atoms with Crippen LogP contribution in [0.2, 0.25) is 10.0 Å². The maximum atomic E-state index is 14.2. The van der Waals surface area contributed by atoms with Crippen LogP contribution < -0.4 is 5.32 Å². The van der Waals surface area contributed by atoms with E-state index in [1.54, 1.807) is 32.2 Å². The van der Waals surface area contributed by atoms with Crippen LogP contribution in [0.15, 0.2) is 30.3 Å². The molecule has 1 atom stereocenters. The second kappa shape index (κ2) is 6.73. The summed E-state index contributed by atoms with van der Waals surface area (Å²) in [6, 6.07) is 7.23. The second-order valence-corrected chi connectivity index (χ2v) is 5.72. The van der Waals surface area contributed by atoms with Crippen LogP contribution in [0.1, 0.15) is 22.7 Å². The molecule has 2 aromatic rings. The summed E-state index contributed by atoms with van der Waals surface area (Å²) in [4.78, 5) is 0. The summed E-state index contributed by atoms with van der Waals surface area (Å²) in [6.45, 7) is 1.61. The highest BCUT2D eigenvalue weighted by atomic mass is 35.5. The van der Waals surface area contributed by atoms with Crippen LogP contribution in [-0.4, -0.2) is 7.05 Å². The Bertz CT molecular complexity index is 659. The van der Waals surface area contributed by atoms with E-state index in [1.165, 1.54) is 12.1 Å². The predicted molar refractivity (Wildman–Crippen MR) is 83.1 cm³/mol. The van der Waals surface area contributed by atoms with E-state index in [0.717, 1.165) is 5.56 Å². The number of aryl methyl sites for hydroxylation is 1. The standard InChI is InChI=1S/C16H15Cl2F2N/c1-9-3-6-13(19)15(16(9)20)14(21-2)8-10-7-11(17)4-5-12(10)18/h3-7,14,21H,8H2,1-2H3. The van der Waals surface area contributed by atoms with Gasteiger partial charge in [-0.15, -0.1) is 0 Å². The summed E-state index contributed by atoms with van der Waals surface area (Å²) in [5.41, 5.74) is 1.17. The Morgan fingerprint density at radius 1 is 1.14 bits per heavy atom. The van der Waals surface area contributed by atoms with Gasteiger partial charge in [-0.1, -0.05) is 29.3 Å². The molecule has 2 rings (SSSR count). The van der Waals surface area contributed by atoms with Gasteiger partial charge in [0.2, 0.25) is 0 Å². The molecule has 0 aliphatic carbocycles. The first-order valence-electron chi connectivity index (χ1n) is 6.49. The third-order valence-electron chi connectivity index (χ3n) is 3.45. The Kier molecular flexibility index (Phi) is 5.20. The molecule has 0 heterocycles. The molecule has 0 saturated heterocycles. The molecule has 0 aromatic heterocycles. The Morgan fingerprint density at radius 2 is 1.86 bits per heavy atom. The van der Waals surface area contributed by atoms with Crippen LogP contribution in [0.3, 0.4) is 0 Å². The quantitative estimate of drug-likeness (QED) is 0.824. The Balaban J connectivity index is 2.41. The zero-order valence-electron chi connectivity index (χ0n) is 11.7. The highest BCUT2D eigenvalue weighted by molar-refractivity contribution is 6.33. The van der Waals surface area contributed by atoms with Gasteiger partial charge in [0.25, 0.3) is 0 Å². The summed E-state index contributed by atoms with van der Waals surface area (Å²) >= 11 is 12.1. The number of nitrogens with one attached hydrogen (secondary N) is 1. The van der Waals surface area contributed by atoms with Crippen molar-refractivity contribution < 1.29 is 8.78 Å². The molecule has 112 valence electrons. The molecule has 0 bridgehead atoms. The van der Waals surface area contributed by atoms with E-state index >= 15 is 0 Å². The summed E-state index contributed by atoms with van der Waals surface area (Å²) in [6.07, 6.45) is 0.340. The average molecular weight is 330 g/mol. The molecular weight excluding hydrogens is 315 g/mol. The van der Waals surface area contributed by atoms with Gasteiger partial charge in [0, 0.05) is 21.7 Å². The summed E-state index contributed by atoms with van der Waals surface area (Å²) in [5, 5.41) is 4.00. The molecule has 5 heteroatoms. The molecule has 0 fully saturated rings. The SMILES string of the molecule is CNC(Cc1cc(Cl)ccc1Cl)c1c(F)ccc(C)c1F. The van der Waals surface area contributed by atoms with E-state index in [9.17, 15) is 8.78 Å². The molecule has 0 aliphatic rings. The van der Waals surface area contributed by atoms with Crippen LogP contribution in [-0.2, 0) is 6.42 Å². The molecule has 21 heavy (non-hydrogen) atoms. The fraction of sp³-hybridized carbons (Fsp3) is 0.250. The Labute approximate surface area is 132 Å². The molecule has 0 amide bonds. The third-order valence-corrected chi connectivity index (χ3v) is 4.05. The molecule has 0 spiro atoms. The number of hydrogen-bond donors (Lipinski definition) is 1. The lowest BCUT2D eigenvalue weighted by Crippen LogP contribution is -2.22. The Morgan fingerprint density at radius 3 is 2.52 bits per heavy atom. The lowest BCUT2D eigenvalue weighted by molar-refractivity contribution is 0.486. The van der Waals surface area contributed by atoms with E-state index in [-0.39, 0.29) is 5.56 Å². The monoisotopic (exact) mass is 329 g/mol. The van der Waals surface area contributed by atoms with Gasteiger partial charge in [-0.3, -0.25) is 0 Å². The van der Waals surface area contributed by atoms with Gasteiger partial charge < -0.3 is 5.32 Å². The van der Waals surface area contributed by atoms with Crippen molar-refractivity contribution in [3.63, 3.8) is 0 Å². The van der Waals surface area contributed by atoms with Crippen molar-refractivity contribution in [3.8, 4) is 0 Å². The van der Waals surface area contributed by atoms with E-state index in [0.29, 0.717) is 22.0 Å². The molecule has 0 saturated carbocycles. The Hall–Kier alpha value is -1.16. The van der Waals surface area contributed by atoms with Crippen molar-refractivity contribution in [2.45, 2.75) is 19.4 Å². The van der Waals surface area contributed by atoms with E-state index in [2.05, 4.69) is 5.32 Å². The van der Waals surface area contributed by atoms with E-state index in [1.807, 2.05) is 0 Å². The number of hydrogen-bond acceptors (Lipinski definition) is 1. The number of rotatable bonds is 4. The fourth-order valence-electron chi connectivity index (χ4n) is 2.27. The second-order valence-electron chi connectivity index (χ2n) is 4.87. The van der Waals surface area contributed by atoms with Gasteiger partial charge in [0.05, 0.1) is 0 Å². The van der Waals surface area contributed by atoms with Gasteiger partial charge in [0.1, 0.15) is 11.6 Å². The lowest BCUT2D eigenvalue weighted by Gasteiger charge is -2.20. The van der Waals surface area contributed by atoms with Crippen molar-refractivity contribution in [3.05, 3.63) is 68.7 Å². The molecule has 2 aromatic carbocycles. The molecule has 0 radical (unpaired) electrons. The number of likely N-dealkylation sites (N-methyl/N-ethyl adjacent to an activating group) is 1. The van der Waals surface area contributed by atoms with Crippen LogP contribution in [0.4, 0.5) is 8.78 Å². The first kappa shape index (κ1) is 16.2. The average Bonchev–Trinajstić information content (AvgIpc) is 2.45. The van der Waals surface area contributed by atoms with Crippen molar-refractivity contribution >= 4 is 23.2 Å². The largest absolute Gasteiger partial charge is 0.313 e. The minimum Gasteiger partial charge on any atom is -0.313 e. The van der Waals surface area contributed by atoms with Crippen molar-refractivity contribution in [1.29, 1.82) is 0 Å². The molecule has 1 N–H and O–H groups in total. The summed E-state index contributed by atoms with van der Waals surface area (Å²) in [7, 11) is 1.66. The highest BCUT2D eigenvalue weighted by Crippen LogP contribution is 2.29. The zero-order valence-corrected chi connectivity index (χ0v) is 13.2. The number of halogens is 4. The fourth-order valence-corrected chi connectivity index (χ4v) is 2.66. The molecule has 1 unspecified atom stereocenters. The molecular formula is C16H15Cl2F2N. The topological polar surface area (TPSA) is 12.0 Å². The first-order valence-corrected chi connectivity index (χ1v) is 7.25. The minimum absolute atomic E-state index is 0.0218. The summed E-state index contributed by atoms with van der Waals surface area (Å²) in [5.74, 6) is -1.11. The maximum Gasteiger partial charge on any atom is 0.133 e. The van der Waals surface area contributed by atoms with Crippen molar-refractivity contribution in [2.75, 3.05) is 7.05 Å². The van der Waals surface area contributed by atoms with Gasteiger partial charge >= 0.3 is 0 Å². The third kappa shape index (κ3) is 3.54. The molecule has 0 aliphatic heterocycles. The summed E-state index contributed by atoms with van der Waals surface area (Å²) < 4.78 is 28.3. The van der Waals surface area contributed by atoms with E-state index < -0.39 is 17.7 Å². The van der Waals surface area contributed by atoms with Crippen LogP contribution in [0, 0.1) is 18.6 Å². The van der Waals surface area contributed by atoms with Gasteiger partial charge in [-0.05, 0) is 55.8 Å².